The lowest BCUT2D eigenvalue weighted by atomic mass is 10.1. The van der Waals surface area contributed by atoms with Crippen LogP contribution in [-0.2, 0) is 14.3 Å². The maximum Gasteiger partial charge on any atom is 0.339 e. The smallest absolute Gasteiger partial charge is 0.339 e. The van der Waals surface area contributed by atoms with Gasteiger partial charge in [0.1, 0.15) is 0 Å². The maximum atomic E-state index is 12.2. The van der Waals surface area contributed by atoms with E-state index in [1.807, 2.05) is 36.4 Å². The summed E-state index contributed by atoms with van der Waals surface area (Å²) in [5, 5.41) is 1.68. The number of anilines is 1. The topological polar surface area (TPSA) is 73.9 Å². The zero-order valence-electron chi connectivity index (χ0n) is 13.3. The van der Waals surface area contributed by atoms with Crippen molar-refractivity contribution in [1.82, 2.24) is 0 Å². The van der Waals surface area contributed by atoms with Crippen LogP contribution in [0.25, 0.3) is 5.57 Å². The molecule has 0 spiro atoms. The molecule has 2 heterocycles. The van der Waals surface area contributed by atoms with Gasteiger partial charge in [0.2, 0.25) is 5.79 Å². The first-order chi connectivity index (χ1) is 11.4. The van der Waals surface area contributed by atoms with E-state index < -0.39 is 5.79 Å². The summed E-state index contributed by atoms with van der Waals surface area (Å²) in [6, 6.07) is 11.4. The summed E-state index contributed by atoms with van der Waals surface area (Å²) in [5.74, 6) is -1.22. The van der Waals surface area contributed by atoms with Gasteiger partial charge in [0.15, 0.2) is 0 Å². The minimum Gasteiger partial charge on any atom is -0.430 e. The van der Waals surface area contributed by atoms with Crippen LogP contribution < -0.4 is 16.3 Å². The fourth-order valence-electron chi connectivity index (χ4n) is 2.65. The number of rotatable bonds is 0. The highest BCUT2D eigenvalue weighted by atomic mass is 32.2. The number of nitrogens with two attached hydrogens (primary N) is 1. The van der Waals surface area contributed by atoms with Crippen LogP contribution in [0, 0.1) is 0 Å². The largest absolute Gasteiger partial charge is 0.430 e. The van der Waals surface area contributed by atoms with E-state index in [9.17, 15) is 4.79 Å². The van der Waals surface area contributed by atoms with Crippen molar-refractivity contribution in [3.8, 4) is 0 Å². The third kappa shape index (κ3) is 2.68. The van der Waals surface area contributed by atoms with Gasteiger partial charge in [0.25, 0.3) is 0 Å². The number of cyclic esters (lactones) is 1. The van der Waals surface area contributed by atoms with E-state index in [1.165, 1.54) is 0 Å². The second-order valence-corrected chi connectivity index (χ2v) is 7.26. The quantitative estimate of drug-likeness (QED) is 0.501. The van der Waals surface area contributed by atoms with Crippen molar-refractivity contribution in [2.45, 2.75) is 29.4 Å². The van der Waals surface area contributed by atoms with E-state index in [0.717, 1.165) is 26.1 Å². The van der Waals surface area contributed by atoms with Crippen molar-refractivity contribution in [2.75, 3.05) is 12.3 Å². The Morgan fingerprint density at radius 2 is 2.00 bits per heavy atom. The standard InChI is InChI=1S/C18H16N2O3S/c1-18(2)22-9-12(17(21)23-18)10-3-5-13-15(7-10)24-16-8-11(19)4-6-14(16)20-13/h3-8H,9,19H2,1-2H3/b12-10+. The molecular formula is C18H16N2O3S. The van der Waals surface area contributed by atoms with E-state index in [-0.39, 0.29) is 12.6 Å². The number of benzene rings is 2. The van der Waals surface area contributed by atoms with Crippen LogP contribution in [0.15, 0.2) is 51.2 Å². The van der Waals surface area contributed by atoms with E-state index in [4.69, 9.17) is 15.2 Å². The number of hydrogen-bond donors (Lipinski definition) is 1. The summed E-state index contributed by atoms with van der Waals surface area (Å²) in [4.78, 5) is 18.9. The predicted molar refractivity (Wildman–Crippen MR) is 91.4 cm³/mol. The highest BCUT2D eigenvalue weighted by Crippen LogP contribution is 2.37. The molecule has 0 amide bonds. The maximum absolute atomic E-state index is 12.2. The highest BCUT2D eigenvalue weighted by Gasteiger charge is 2.32. The van der Waals surface area contributed by atoms with Gasteiger partial charge in [0.05, 0.1) is 23.2 Å². The molecule has 6 heteroatoms. The molecule has 24 heavy (non-hydrogen) atoms. The number of esters is 1. The minimum atomic E-state index is -0.880. The van der Waals surface area contributed by atoms with Crippen LogP contribution in [0.2, 0.25) is 0 Å². The number of nitrogens with zero attached hydrogens (tertiary/aromatic N) is 1. The predicted octanol–water partition coefficient (Wildman–Crippen LogP) is 2.14. The molecule has 0 aromatic heterocycles. The molecule has 2 aromatic carbocycles. The Bertz CT molecular complexity index is 982. The fraction of sp³-hybridized carbons (Fsp3) is 0.222. The molecule has 0 bridgehead atoms. The number of nitrogen functional groups attached to an aromatic ring is 1. The SMILES string of the molecule is CC1(C)OC/C(=c2/ccc3c(c2)Sc2cc(N)ccc2N=3)C(=O)O1. The molecule has 1 fully saturated rings. The Morgan fingerprint density at radius 3 is 2.79 bits per heavy atom. The zero-order chi connectivity index (χ0) is 16.9. The van der Waals surface area contributed by atoms with E-state index in [2.05, 4.69) is 4.99 Å². The highest BCUT2D eigenvalue weighted by molar-refractivity contribution is 7.99. The Labute approximate surface area is 143 Å². The molecule has 122 valence electrons. The monoisotopic (exact) mass is 340 g/mol. The third-order valence-electron chi connectivity index (χ3n) is 3.90. The number of carbonyl (C=O) groups excluding carboxylic acids is 1. The fourth-order valence-corrected chi connectivity index (χ4v) is 3.70. The van der Waals surface area contributed by atoms with Crippen molar-refractivity contribution in [3.63, 3.8) is 0 Å². The van der Waals surface area contributed by atoms with Gasteiger partial charge >= 0.3 is 5.97 Å². The molecule has 1 saturated heterocycles. The molecular weight excluding hydrogens is 324 g/mol. The Hall–Kier alpha value is -2.31. The van der Waals surface area contributed by atoms with Gasteiger partial charge < -0.3 is 15.2 Å². The minimum absolute atomic E-state index is 0.232. The van der Waals surface area contributed by atoms with Crippen LogP contribution in [0.4, 0.5) is 11.4 Å². The van der Waals surface area contributed by atoms with Gasteiger partial charge in [-0.25, -0.2) is 9.79 Å². The van der Waals surface area contributed by atoms with Crippen LogP contribution in [-0.4, -0.2) is 18.4 Å². The lowest BCUT2D eigenvalue weighted by Gasteiger charge is -2.30. The molecule has 5 nitrogen and oxygen atoms in total. The van der Waals surface area contributed by atoms with Gasteiger partial charge in [-0.3, -0.25) is 0 Å². The van der Waals surface area contributed by atoms with Gasteiger partial charge in [-0.05, 0) is 35.6 Å². The Kier molecular flexibility index (Phi) is 3.40. The summed E-state index contributed by atoms with van der Waals surface area (Å²) < 4.78 is 10.9. The lowest BCUT2D eigenvalue weighted by molar-refractivity contribution is -0.217. The Balaban J connectivity index is 1.81. The average Bonchev–Trinajstić information content (AvgIpc) is 2.51. The van der Waals surface area contributed by atoms with Gasteiger partial charge in [-0.1, -0.05) is 17.8 Å². The second kappa shape index (κ2) is 5.36. The number of ether oxygens (including phenoxy) is 2. The summed E-state index contributed by atoms with van der Waals surface area (Å²) >= 11 is 1.60. The lowest BCUT2D eigenvalue weighted by Crippen LogP contribution is -2.40. The number of fused-ring (bicyclic) bond motifs is 2. The van der Waals surface area contributed by atoms with Gasteiger partial charge in [-0.15, -0.1) is 0 Å². The molecule has 2 aliphatic rings. The van der Waals surface area contributed by atoms with E-state index >= 15 is 0 Å². The van der Waals surface area contributed by atoms with E-state index in [1.54, 1.807) is 25.6 Å². The van der Waals surface area contributed by atoms with Crippen LogP contribution >= 0.6 is 11.8 Å². The third-order valence-corrected chi connectivity index (χ3v) is 5.00. The molecule has 0 saturated carbocycles. The summed E-state index contributed by atoms with van der Waals surface area (Å²) in [7, 11) is 0. The van der Waals surface area contributed by atoms with Gasteiger partial charge in [-0.2, -0.15) is 0 Å². The first-order valence-corrected chi connectivity index (χ1v) is 8.40. The molecule has 2 N–H and O–H groups in total. The number of carbonyl (C=O) groups is 1. The zero-order valence-corrected chi connectivity index (χ0v) is 14.1. The molecule has 2 aliphatic heterocycles. The van der Waals surface area contributed by atoms with E-state index in [0.29, 0.717) is 11.3 Å². The van der Waals surface area contributed by atoms with Crippen molar-refractivity contribution in [1.29, 1.82) is 0 Å². The second-order valence-electron chi connectivity index (χ2n) is 6.18. The first kappa shape index (κ1) is 15.2. The molecule has 0 radical (unpaired) electrons. The number of hydrogen-bond acceptors (Lipinski definition) is 6. The summed E-state index contributed by atoms with van der Waals surface area (Å²) in [5.41, 5.74) is 7.99. The molecule has 4 rings (SSSR count). The Morgan fingerprint density at radius 1 is 1.17 bits per heavy atom. The normalized spacial score (nSPS) is 20.5. The molecule has 0 unspecified atom stereocenters. The molecule has 0 aliphatic carbocycles. The van der Waals surface area contributed by atoms with Crippen LogP contribution in [0.1, 0.15) is 13.8 Å². The van der Waals surface area contributed by atoms with Crippen molar-refractivity contribution in [3.05, 3.63) is 47.0 Å². The van der Waals surface area contributed by atoms with Crippen molar-refractivity contribution in [2.24, 2.45) is 4.99 Å². The molecule has 0 atom stereocenters. The first-order valence-electron chi connectivity index (χ1n) is 7.58. The molecule has 2 aromatic rings. The van der Waals surface area contributed by atoms with Crippen LogP contribution in [0.5, 0.6) is 0 Å². The van der Waals surface area contributed by atoms with Crippen molar-refractivity contribution < 1.29 is 14.3 Å². The average molecular weight is 340 g/mol. The van der Waals surface area contributed by atoms with Gasteiger partial charge in [0, 0.05) is 29.3 Å². The van der Waals surface area contributed by atoms with Crippen LogP contribution in [0.3, 0.4) is 0 Å². The summed E-state index contributed by atoms with van der Waals surface area (Å²) in [6.45, 7) is 3.69. The summed E-state index contributed by atoms with van der Waals surface area (Å²) in [6.07, 6.45) is 0. The van der Waals surface area contributed by atoms with Crippen molar-refractivity contribution >= 4 is 34.7 Å².